The highest BCUT2D eigenvalue weighted by Crippen LogP contribution is 2.34. The number of thiophene rings is 1. The van der Waals surface area contributed by atoms with Crippen LogP contribution >= 0.6 is 11.3 Å². The number of aryl methyl sites for hydroxylation is 1. The van der Waals surface area contributed by atoms with Crippen LogP contribution in [0.2, 0.25) is 0 Å². The fraction of sp³-hybridized carbons (Fsp3) is 0.471. The molecule has 3 nitrogen and oxygen atoms in total. The van der Waals surface area contributed by atoms with Gasteiger partial charge in [-0.3, -0.25) is 4.79 Å². The molecule has 118 valence electrons. The number of nitrogens with zero attached hydrogens (tertiary/aromatic N) is 1. The van der Waals surface area contributed by atoms with E-state index < -0.39 is 0 Å². The maximum atomic E-state index is 14.0. The lowest BCUT2D eigenvalue weighted by molar-refractivity contribution is 0.0685. The molecule has 1 unspecified atom stereocenters. The molecular weight excluding hydrogens is 299 g/mol. The highest BCUT2D eigenvalue weighted by atomic mass is 32.1. The Labute approximate surface area is 133 Å². The topological polar surface area (TPSA) is 46.3 Å². The molecule has 3 rings (SSSR count). The minimum absolute atomic E-state index is 0.0289. The molecule has 0 spiro atoms. The van der Waals surface area contributed by atoms with Gasteiger partial charge in [0.2, 0.25) is 0 Å². The molecule has 1 atom stereocenters. The summed E-state index contributed by atoms with van der Waals surface area (Å²) in [6.45, 7) is 5.34. The van der Waals surface area contributed by atoms with E-state index in [2.05, 4.69) is 0 Å². The van der Waals surface area contributed by atoms with Crippen LogP contribution in [-0.4, -0.2) is 29.9 Å². The van der Waals surface area contributed by atoms with Crippen molar-refractivity contribution >= 4 is 27.3 Å². The average molecular weight is 320 g/mol. The lowest BCUT2D eigenvalue weighted by Gasteiger charge is -2.33. The molecule has 1 fully saturated rings. The first-order valence-electron chi connectivity index (χ1n) is 7.71. The summed E-state index contributed by atoms with van der Waals surface area (Å²) < 4.78 is 14.8. The molecule has 2 aromatic rings. The largest absolute Gasteiger partial charge is 0.338 e. The molecule has 1 saturated heterocycles. The zero-order valence-electron chi connectivity index (χ0n) is 12.9. The smallest absolute Gasteiger partial charge is 0.264 e. The Morgan fingerprint density at radius 2 is 2.09 bits per heavy atom. The quantitative estimate of drug-likeness (QED) is 0.920. The van der Waals surface area contributed by atoms with Gasteiger partial charge in [-0.15, -0.1) is 11.3 Å². The zero-order chi connectivity index (χ0) is 15.9. The minimum Gasteiger partial charge on any atom is -0.338 e. The van der Waals surface area contributed by atoms with E-state index in [1.807, 2.05) is 24.8 Å². The number of rotatable bonds is 2. The van der Waals surface area contributed by atoms with E-state index in [1.165, 1.54) is 17.4 Å². The molecule has 1 aliphatic heterocycles. The van der Waals surface area contributed by atoms with E-state index in [9.17, 15) is 9.18 Å². The van der Waals surface area contributed by atoms with Gasteiger partial charge in [0.05, 0.1) is 4.88 Å². The standard InChI is InChI=1S/C17H21FN2OS/c1-10-15-13(18)4-3-5-14(15)22-16(10)17(21)20-8-6-12(7-9-20)11(2)19/h3-5,11-12H,6-9,19H2,1-2H3. The third kappa shape index (κ3) is 2.63. The predicted molar refractivity (Wildman–Crippen MR) is 88.8 cm³/mol. The number of piperidine rings is 1. The van der Waals surface area contributed by atoms with Crippen LogP contribution in [0.1, 0.15) is 35.0 Å². The number of hydrogen-bond acceptors (Lipinski definition) is 3. The van der Waals surface area contributed by atoms with Gasteiger partial charge in [0.25, 0.3) is 5.91 Å². The van der Waals surface area contributed by atoms with Crippen LogP contribution in [0.5, 0.6) is 0 Å². The van der Waals surface area contributed by atoms with Gasteiger partial charge in [0.15, 0.2) is 0 Å². The van der Waals surface area contributed by atoms with Crippen LogP contribution in [0.3, 0.4) is 0 Å². The summed E-state index contributed by atoms with van der Waals surface area (Å²) in [4.78, 5) is 15.3. The third-order valence-electron chi connectivity index (χ3n) is 4.67. The van der Waals surface area contributed by atoms with Crippen LogP contribution in [0, 0.1) is 18.7 Å². The molecule has 5 heteroatoms. The lowest BCUT2D eigenvalue weighted by atomic mass is 9.91. The van der Waals surface area contributed by atoms with Crippen molar-refractivity contribution in [1.82, 2.24) is 4.90 Å². The molecule has 2 N–H and O–H groups in total. The summed E-state index contributed by atoms with van der Waals surface area (Å²) >= 11 is 1.39. The van der Waals surface area contributed by atoms with Gasteiger partial charge < -0.3 is 10.6 Å². The van der Waals surface area contributed by atoms with Crippen LogP contribution < -0.4 is 5.73 Å². The Hall–Kier alpha value is -1.46. The van der Waals surface area contributed by atoms with Crippen molar-refractivity contribution in [2.45, 2.75) is 32.7 Å². The van der Waals surface area contributed by atoms with Gasteiger partial charge in [0.1, 0.15) is 5.82 Å². The van der Waals surface area contributed by atoms with Crippen LogP contribution in [0.15, 0.2) is 18.2 Å². The number of benzene rings is 1. The van der Waals surface area contributed by atoms with Gasteiger partial charge in [0, 0.05) is 29.2 Å². The zero-order valence-corrected chi connectivity index (χ0v) is 13.8. The van der Waals surface area contributed by atoms with E-state index >= 15 is 0 Å². The van der Waals surface area contributed by atoms with Crippen molar-refractivity contribution in [2.24, 2.45) is 11.7 Å². The van der Waals surface area contributed by atoms with Crippen LogP contribution in [0.4, 0.5) is 4.39 Å². The fourth-order valence-corrected chi connectivity index (χ4v) is 4.42. The second-order valence-electron chi connectivity index (χ2n) is 6.16. The van der Waals surface area contributed by atoms with E-state index in [0.717, 1.165) is 36.2 Å². The summed E-state index contributed by atoms with van der Waals surface area (Å²) in [6.07, 6.45) is 1.89. The maximum Gasteiger partial charge on any atom is 0.264 e. The number of carbonyl (C=O) groups is 1. The Kier molecular flexibility index (Phi) is 4.19. The number of nitrogens with two attached hydrogens (primary N) is 1. The number of halogens is 1. The van der Waals surface area contributed by atoms with Crippen molar-refractivity contribution in [2.75, 3.05) is 13.1 Å². The Bertz CT molecular complexity index is 702. The molecular formula is C17H21FN2OS. The summed E-state index contributed by atoms with van der Waals surface area (Å²) in [6, 6.07) is 5.19. The monoisotopic (exact) mass is 320 g/mol. The lowest BCUT2D eigenvalue weighted by Crippen LogP contribution is -2.42. The number of carbonyl (C=O) groups excluding carboxylic acids is 1. The molecule has 22 heavy (non-hydrogen) atoms. The predicted octanol–water partition coefficient (Wildman–Crippen LogP) is 3.55. The Balaban J connectivity index is 1.84. The first-order valence-corrected chi connectivity index (χ1v) is 8.53. The molecule has 2 heterocycles. The van der Waals surface area contributed by atoms with Gasteiger partial charge >= 0.3 is 0 Å². The minimum atomic E-state index is -0.249. The summed E-state index contributed by atoms with van der Waals surface area (Å²) in [5.41, 5.74) is 6.71. The molecule has 0 saturated carbocycles. The first kappa shape index (κ1) is 15.4. The Morgan fingerprint density at radius 1 is 1.41 bits per heavy atom. The second-order valence-corrected chi connectivity index (χ2v) is 7.21. The van der Waals surface area contributed by atoms with E-state index in [1.54, 1.807) is 6.07 Å². The van der Waals surface area contributed by atoms with Crippen molar-refractivity contribution in [1.29, 1.82) is 0 Å². The summed E-state index contributed by atoms with van der Waals surface area (Å²) in [5.74, 6) is 0.271. The van der Waals surface area contributed by atoms with E-state index in [0.29, 0.717) is 16.2 Å². The van der Waals surface area contributed by atoms with Gasteiger partial charge in [-0.25, -0.2) is 4.39 Å². The Morgan fingerprint density at radius 3 is 2.68 bits per heavy atom. The fourth-order valence-electron chi connectivity index (χ4n) is 3.23. The van der Waals surface area contributed by atoms with E-state index in [-0.39, 0.29) is 17.8 Å². The van der Waals surface area contributed by atoms with Crippen molar-refractivity contribution in [3.63, 3.8) is 0 Å². The van der Waals surface area contributed by atoms with Crippen molar-refractivity contribution < 1.29 is 9.18 Å². The summed E-state index contributed by atoms with van der Waals surface area (Å²) in [5, 5.41) is 0.585. The third-order valence-corrected chi connectivity index (χ3v) is 5.91. The highest BCUT2D eigenvalue weighted by Gasteiger charge is 2.28. The SMILES string of the molecule is Cc1c(C(=O)N2CCC(C(C)N)CC2)sc2cccc(F)c12. The maximum absolute atomic E-state index is 14.0. The van der Waals surface area contributed by atoms with Crippen LogP contribution in [-0.2, 0) is 0 Å². The van der Waals surface area contributed by atoms with Gasteiger partial charge in [-0.1, -0.05) is 6.07 Å². The van der Waals surface area contributed by atoms with Gasteiger partial charge in [-0.05, 0) is 50.3 Å². The molecule has 0 bridgehead atoms. The van der Waals surface area contributed by atoms with Crippen LogP contribution in [0.25, 0.3) is 10.1 Å². The number of amides is 1. The summed E-state index contributed by atoms with van der Waals surface area (Å²) in [7, 11) is 0. The average Bonchev–Trinajstić information content (AvgIpc) is 2.85. The number of fused-ring (bicyclic) bond motifs is 1. The molecule has 0 aliphatic carbocycles. The number of likely N-dealkylation sites (tertiary alicyclic amines) is 1. The second kappa shape index (κ2) is 5.97. The number of hydrogen-bond donors (Lipinski definition) is 1. The van der Waals surface area contributed by atoms with E-state index in [4.69, 9.17) is 5.73 Å². The van der Waals surface area contributed by atoms with Crippen molar-refractivity contribution in [3.05, 3.63) is 34.5 Å². The van der Waals surface area contributed by atoms with Crippen molar-refractivity contribution in [3.8, 4) is 0 Å². The molecule has 0 radical (unpaired) electrons. The van der Waals surface area contributed by atoms with Gasteiger partial charge in [-0.2, -0.15) is 0 Å². The molecule has 1 aliphatic rings. The molecule has 1 aromatic heterocycles. The molecule has 1 amide bonds. The highest BCUT2D eigenvalue weighted by molar-refractivity contribution is 7.21. The molecule has 1 aromatic carbocycles. The first-order chi connectivity index (χ1) is 10.5. The normalized spacial score (nSPS) is 17.9.